The van der Waals surface area contributed by atoms with Crippen LogP contribution in [-0.2, 0) is 6.54 Å². The van der Waals surface area contributed by atoms with E-state index in [9.17, 15) is 4.79 Å². The Kier molecular flexibility index (Phi) is 5.40. The van der Waals surface area contributed by atoms with Gasteiger partial charge in [0.25, 0.3) is 5.91 Å². The predicted octanol–water partition coefficient (Wildman–Crippen LogP) is 1.09. The predicted molar refractivity (Wildman–Crippen MR) is 79.6 cm³/mol. The van der Waals surface area contributed by atoms with E-state index in [0.717, 1.165) is 13.0 Å². The maximum absolute atomic E-state index is 12.0. The number of amides is 1. The number of nitrogens with two attached hydrogens (primary N) is 1. The lowest BCUT2D eigenvalue weighted by molar-refractivity contribution is 0.0946. The fourth-order valence-corrected chi connectivity index (χ4v) is 2.55. The van der Waals surface area contributed by atoms with Crippen molar-refractivity contribution in [2.24, 2.45) is 0 Å². The van der Waals surface area contributed by atoms with Crippen molar-refractivity contribution in [2.75, 3.05) is 31.9 Å². The molecule has 0 aromatic carbocycles. The Bertz CT molecular complexity index is 437. The average molecular weight is 279 g/mol. The molecule has 20 heavy (non-hydrogen) atoms. The zero-order valence-electron chi connectivity index (χ0n) is 12.3. The molecule has 1 saturated heterocycles. The molecule has 3 N–H and O–H groups in total. The SMILES string of the molecule is CCn1cc(N)c(C(=O)NCCCN2CCCCC2)n1. The largest absolute Gasteiger partial charge is 0.396 e. The maximum Gasteiger partial charge on any atom is 0.273 e. The van der Waals surface area contributed by atoms with E-state index >= 15 is 0 Å². The number of carbonyl (C=O) groups is 1. The minimum absolute atomic E-state index is 0.173. The Morgan fingerprint density at radius 3 is 2.80 bits per heavy atom. The van der Waals surface area contributed by atoms with Gasteiger partial charge < -0.3 is 16.0 Å². The number of aryl methyl sites for hydroxylation is 1. The van der Waals surface area contributed by atoms with Crippen LogP contribution in [-0.4, -0.2) is 46.8 Å². The summed E-state index contributed by atoms with van der Waals surface area (Å²) in [4.78, 5) is 14.4. The summed E-state index contributed by atoms with van der Waals surface area (Å²) in [6, 6.07) is 0. The summed E-state index contributed by atoms with van der Waals surface area (Å²) in [5, 5.41) is 7.06. The second-order valence-corrected chi connectivity index (χ2v) is 5.30. The molecule has 6 heteroatoms. The van der Waals surface area contributed by atoms with E-state index in [2.05, 4.69) is 15.3 Å². The molecule has 1 amide bonds. The number of likely N-dealkylation sites (tertiary alicyclic amines) is 1. The van der Waals surface area contributed by atoms with E-state index in [-0.39, 0.29) is 5.91 Å². The third-order valence-electron chi connectivity index (χ3n) is 3.71. The molecule has 0 saturated carbocycles. The first-order valence-electron chi connectivity index (χ1n) is 7.54. The fraction of sp³-hybridized carbons (Fsp3) is 0.714. The van der Waals surface area contributed by atoms with Gasteiger partial charge in [-0.25, -0.2) is 0 Å². The van der Waals surface area contributed by atoms with Crippen molar-refractivity contribution in [1.82, 2.24) is 20.0 Å². The van der Waals surface area contributed by atoms with Crippen molar-refractivity contribution >= 4 is 11.6 Å². The summed E-state index contributed by atoms with van der Waals surface area (Å²) in [5.74, 6) is -0.173. The molecule has 2 rings (SSSR count). The topological polar surface area (TPSA) is 76.2 Å². The van der Waals surface area contributed by atoms with Gasteiger partial charge in [0.1, 0.15) is 0 Å². The third-order valence-corrected chi connectivity index (χ3v) is 3.71. The third kappa shape index (κ3) is 3.96. The number of aromatic nitrogens is 2. The van der Waals surface area contributed by atoms with E-state index in [0.29, 0.717) is 24.5 Å². The molecule has 0 aliphatic carbocycles. The van der Waals surface area contributed by atoms with E-state index in [1.165, 1.54) is 32.4 Å². The van der Waals surface area contributed by atoms with Crippen molar-refractivity contribution in [2.45, 2.75) is 39.2 Å². The van der Waals surface area contributed by atoms with Crippen LogP contribution in [0.3, 0.4) is 0 Å². The minimum atomic E-state index is -0.173. The van der Waals surface area contributed by atoms with E-state index < -0.39 is 0 Å². The molecule has 1 aliphatic heterocycles. The zero-order valence-corrected chi connectivity index (χ0v) is 12.3. The van der Waals surface area contributed by atoms with Gasteiger partial charge in [0.05, 0.1) is 5.69 Å². The lowest BCUT2D eigenvalue weighted by atomic mass is 10.1. The number of nitrogen functional groups attached to an aromatic ring is 1. The van der Waals surface area contributed by atoms with Crippen molar-refractivity contribution in [3.63, 3.8) is 0 Å². The van der Waals surface area contributed by atoms with Crippen molar-refractivity contribution in [3.8, 4) is 0 Å². The zero-order chi connectivity index (χ0) is 14.4. The van der Waals surface area contributed by atoms with E-state index in [1.54, 1.807) is 10.9 Å². The summed E-state index contributed by atoms with van der Waals surface area (Å²) in [5.41, 5.74) is 6.57. The smallest absolute Gasteiger partial charge is 0.273 e. The monoisotopic (exact) mass is 279 g/mol. The number of hydrogen-bond acceptors (Lipinski definition) is 4. The summed E-state index contributed by atoms with van der Waals surface area (Å²) in [7, 11) is 0. The minimum Gasteiger partial charge on any atom is -0.396 e. The van der Waals surface area contributed by atoms with Gasteiger partial charge in [0, 0.05) is 19.3 Å². The molecule has 0 spiro atoms. The molecular formula is C14H25N5O. The van der Waals surface area contributed by atoms with Crippen LogP contribution in [0, 0.1) is 0 Å². The van der Waals surface area contributed by atoms with E-state index in [1.807, 2.05) is 6.92 Å². The first-order valence-corrected chi connectivity index (χ1v) is 7.54. The van der Waals surface area contributed by atoms with Gasteiger partial charge >= 0.3 is 0 Å². The van der Waals surface area contributed by atoms with Crippen molar-refractivity contribution in [1.29, 1.82) is 0 Å². The highest BCUT2D eigenvalue weighted by atomic mass is 16.1. The first-order chi connectivity index (χ1) is 9.70. The Morgan fingerprint density at radius 2 is 2.15 bits per heavy atom. The molecular weight excluding hydrogens is 254 g/mol. The highest BCUT2D eigenvalue weighted by molar-refractivity contribution is 5.96. The molecule has 112 valence electrons. The van der Waals surface area contributed by atoms with Gasteiger partial charge in [0.2, 0.25) is 0 Å². The molecule has 1 fully saturated rings. The molecule has 2 heterocycles. The number of rotatable bonds is 6. The summed E-state index contributed by atoms with van der Waals surface area (Å²) in [6.07, 6.45) is 6.63. The van der Waals surface area contributed by atoms with Gasteiger partial charge in [0.15, 0.2) is 5.69 Å². The lowest BCUT2D eigenvalue weighted by Crippen LogP contribution is -2.33. The Hall–Kier alpha value is -1.56. The first kappa shape index (κ1) is 14.8. The van der Waals surface area contributed by atoms with Gasteiger partial charge in [-0.2, -0.15) is 5.10 Å². The molecule has 1 aliphatic rings. The average Bonchev–Trinajstić information content (AvgIpc) is 2.86. The van der Waals surface area contributed by atoms with Crippen LogP contribution in [0.1, 0.15) is 43.1 Å². The summed E-state index contributed by atoms with van der Waals surface area (Å²) in [6.45, 7) is 6.80. The molecule has 1 aromatic rings. The standard InChI is InChI=1S/C14H25N5O/c1-2-19-11-12(15)13(17-19)14(20)16-7-6-10-18-8-4-3-5-9-18/h11H,2-10,15H2,1H3,(H,16,20). The molecule has 1 aromatic heterocycles. The normalized spacial score (nSPS) is 16.2. The second-order valence-electron chi connectivity index (χ2n) is 5.30. The summed E-state index contributed by atoms with van der Waals surface area (Å²) < 4.78 is 1.68. The molecule has 0 bridgehead atoms. The molecule has 6 nitrogen and oxygen atoms in total. The summed E-state index contributed by atoms with van der Waals surface area (Å²) >= 11 is 0. The maximum atomic E-state index is 12.0. The van der Waals surface area contributed by atoms with Crippen molar-refractivity contribution < 1.29 is 4.79 Å². The van der Waals surface area contributed by atoms with Crippen molar-refractivity contribution in [3.05, 3.63) is 11.9 Å². The van der Waals surface area contributed by atoms with Crippen LogP contribution >= 0.6 is 0 Å². The van der Waals surface area contributed by atoms with Crippen LogP contribution in [0.5, 0.6) is 0 Å². The van der Waals surface area contributed by atoms with Crippen LogP contribution in [0.2, 0.25) is 0 Å². The van der Waals surface area contributed by atoms with Gasteiger partial charge in [-0.3, -0.25) is 9.48 Å². The van der Waals surface area contributed by atoms with Crippen LogP contribution in [0.25, 0.3) is 0 Å². The lowest BCUT2D eigenvalue weighted by Gasteiger charge is -2.26. The number of anilines is 1. The Labute approximate surface area is 120 Å². The fourth-order valence-electron chi connectivity index (χ4n) is 2.55. The number of nitrogens with zero attached hydrogens (tertiary/aromatic N) is 3. The van der Waals surface area contributed by atoms with Crippen LogP contribution < -0.4 is 11.1 Å². The van der Waals surface area contributed by atoms with Crippen LogP contribution in [0.15, 0.2) is 6.20 Å². The highest BCUT2D eigenvalue weighted by Crippen LogP contribution is 2.10. The van der Waals surface area contributed by atoms with Gasteiger partial charge in [-0.1, -0.05) is 6.42 Å². The molecule has 0 atom stereocenters. The van der Waals surface area contributed by atoms with Crippen LogP contribution in [0.4, 0.5) is 5.69 Å². The quantitative estimate of drug-likeness (QED) is 0.764. The second kappa shape index (κ2) is 7.28. The van der Waals surface area contributed by atoms with E-state index in [4.69, 9.17) is 5.73 Å². The molecule has 0 radical (unpaired) electrons. The number of piperidine rings is 1. The van der Waals surface area contributed by atoms with Gasteiger partial charge in [-0.15, -0.1) is 0 Å². The Morgan fingerprint density at radius 1 is 1.40 bits per heavy atom. The Balaban J connectivity index is 1.70. The number of hydrogen-bond donors (Lipinski definition) is 2. The molecule has 0 unspecified atom stereocenters. The van der Waals surface area contributed by atoms with Gasteiger partial charge in [-0.05, 0) is 45.8 Å². The number of nitrogens with one attached hydrogen (secondary N) is 1. The highest BCUT2D eigenvalue weighted by Gasteiger charge is 2.14. The number of carbonyl (C=O) groups excluding carboxylic acids is 1.